The molecule has 0 unspecified atom stereocenters. The number of nitrogens with zero attached hydrogens (tertiary/aromatic N) is 1. The van der Waals surface area contributed by atoms with E-state index in [0.29, 0.717) is 29.2 Å². The van der Waals surface area contributed by atoms with Crippen LogP contribution in [0.3, 0.4) is 0 Å². The number of aromatic nitrogens is 3. The summed E-state index contributed by atoms with van der Waals surface area (Å²) in [5.74, 6) is 0.109. The number of Topliss-reactive ketones (excluding diaryl/α,β-unsaturated/α-hetero) is 1. The van der Waals surface area contributed by atoms with Crippen LogP contribution in [0.1, 0.15) is 50.8 Å². The second kappa shape index (κ2) is 6.68. The van der Waals surface area contributed by atoms with Crippen LogP contribution in [0.15, 0.2) is 18.2 Å². The van der Waals surface area contributed by atoms with Crippen molar-refractivity contribution in [3.8, 4) is 10.6 Å². The molecule has 0 fully saturated rings. The number of rotatable bonds is 5. The van der Waals surface area contributed by atoms with Crippen LogP contribution in [-0.4, -0.2) is 26.9 Å². The van der Waals surface area contributed by atoms with Crippen molar-refractivity contribution in [2.24, 2.45) is 0 Å². The highest BCUT2D eigenvalue weighted by Crippen LogP contribution is 2.28. The molecular formula is C18H20N4O2S. The number of ketones is 1. The lowest BCUT2D eigenvalue weighted by Gasteiger charge is -2.03. The first-order valence-electron chi connectivity index (χ1n) is 8.06. The Hall–Kier alpha value is -2.67. The van der Waals surface area contributed by atoms with Crippen molar-refractivity contribution in [1.82, 2.24) is 15.2 Å². The Morgan fingerprint density at radius 3 is 2.64 bits per heavy atom. The molecule has 0 aliphatic carbocycles. The Bertz CT molecular complexity index is 948. The molecule has 130 valence electrons. The summed E-state index contributed by atoms with van der Waals surface area (Å²) in [6, 6.07) is 5.86. The monoisotopic (exact) mass is 356 g/mol. The number of nitrogens with one attached hydrogen (secondary N) is 3. The van der Waals surface area contributed by atoms with Gasteiger partial charge in [-0.1, -0.05) is 6.92 Å². The van der Waals surface area contributed by atoms with E-state index >= 15 is 0 Å². The summed E-state index contributed by atoms with van der Waals surface area (Å²) in [5.41, 5.74) is 3.33. The molecule has 0 radical (unpaired) electrons. The average molecular weight is 356 g/mol. The third-order valence-corrected chi connectivity index (χ3v) is 5.08. The van der Waals surface area contributed by atoms with E-state index in [-0.39, 0.29) is 11.7 Å². The lowest BCUT2D eigenvalue weighted by atomic mass is 10.0. The Balaban J connectivity index is 1.85. The fourth-order valence-corrected chi connectivity index (χ4v) is 3.80. The van der Waals surface area contributed by atoms with Gasteiger partial charge < -0.3 is 10.3 Å². The minimum absolute atomic E-state index is 0.0419. The predicted octanol–water partition coefficient (Wildman–Crippen LogP) is 4.10. The Kier molecular flexibility index (Phi) is 4.59. The molecule has 1 amide bonds. The zero-order chi connectivity index (χ0) is 18.1. The topological polar surface area (TPSA) is 90.6 Å². The highest BCUT2D eigenvalue weighted by molar-refractivity contribution is 7.15. The number of anilines is 1. The molecule has 7 heteroatoms. The van der Waals surface area contributed by atoms with Crippen LogP contribution in [0.2, 0.25) is 0 Å². The van der Waals surface area contributed by atoms with Gasteiger partial charge in [0.15, 0.2) is 11.6 Å². The Morgan fingerprint density at radius 2 is 2.04 bits per heavy atom. The number of aromatic amines is 2. The van der Waals surface area contributed by atoms with Gasteiger partial charge in [0.2, 0.25) is 0 Å². The molecule has 0 aliphatic heterocycles. The van der Waals surface area contributed by atoms with Gasteiger partial charge in [0.25, 0.3) is 5.91 Å². The van der Waals surface area contributed by atoms with Gasteiger partial charge in [0.05, 0.1) is 10.6 Å². The molecule has 0 aromatic carbocycles. The number of carbonyl (C=O) groups excluding carboxylic acids is 2. The zero-order valence-corrected chi connectivity index (χ0v) is 15.4. The molecule has 0 spiro atoms. The molecule has 0 atom stereocenters. The van der Waals surface area contributed by atoms with Crippen molar-refractivity contribution in [1.29, 1.82) is 0 Å². The van der Waals surface area contributed by atoms with E-state index in [0.717, 1.165) is 16.1 Å². The molecular weight excluding hydrogens is 336 g/mol. The SMILES string of the molecule is CCc1c(C(=O)Nc2cc(-c3ccc(C)s3)[nH]n2)[nH]c(C)c1C(C)=O. The summed E-state index contributed by atoms with van der Waals surface area (Å²) in [4.78, 5) is 29.8. The molecule has 6 nitrogen and oxygen atoms in total. The van der Waals surface area contributed by atoms with E-state index in [2.05, 4.69) is 20.5 Å². The second-order valence-corrected chi connectivity index (χ2v) is 7.21. The summed E-state index contributed by atoms with van der Waals surface area (Å²) in [6.07, 6.45) is 0.599. The Labute approximate surface area is 149 Å². The summed E-state index contributed by atoms with van der Waals surface area (Å²) in [6.45, 7) is 7.29. The third kappa shape index (κ3) is 3.28. The van der Waals surface area contributed by atoms with Gasteiger partial charge in [-0.3, -0.25) is 14.7 Å². The molecule has 3 heterocycles. The quantitative estimate of drug-likeness (QED) is 0.601. The molecule has 0 bridgehead atoms. The number of amides is 1. The van der Waals surface area contributed by atoms with E-state index in [1.54, 1.807) is 24.3 Å². The van der Waals surface area contributed by atoms with Crippen molar-refractivity contribution >= 4 is 28.8 Å². The van der Waals surface area contributed by atoms with Crippen LogP contribution in [-0.2, 0) is 6.42 Å². The summed E-state index contributed by atoms with van der Waals surface area (Å²) >= 11 is 1.66. The maximum Gasteiger partial charge on any atom is 0.273 e. The number of carbonyl (C=O) groups is 2. The summed E-state index contributed by atoms with van der Waals surface area (Å²) in [7, 11) is 0. The second-order valence-electron chi connectivity index (χ2n) is 5.92. The minimum Gasteiger partial charge on any atom is -0.354 e. The van der Waals surface area contributed by atoms with Gasteiger partial charge in [0.1, 0.15) is 5.69 Å². The van der Waals surface area contributed by atoms with E-state index in [9.17, 15) is 9.59 Å². The van der Waals surface area contributed by atoms with Gasteiger partial charge in [-0.25, -0.2) is 0 Å². The fraction of sp³-hybridized carbons (Fsp3) is 0.278. The number of thiophene rings is 1. The van der Waals surface area contributed by atoms with Crippen molar-refractivity contribution in [3.05, 3.63) is 45.6 Å². The predicted molar refractivity (Wildman–Crippen MR) is 99.5 cm³/mol. The smallest absolute Gasteiger partial charge is 0.273 e. The molecule has 0 aliphatic rings. The number of aryl methyl sites for hydroxylation is 2. The van der Waals surface area contributed by atoms with Crippen LogP contribution in [0.5, 0.6) is 0 Å². The standard InChI is InChI=1S/C18H20N4O2S/c1-5-12-16(11(4)23)10(3)19-17(12)18(24)20-15-8-13(21-22-15)14-7-6-9(2)25-14/h6-8,19H,5H2,1-4H3,(H2,20,21,22,24). The van der Waals surface area contributed by atoms with Gasteiger partial charge in [-0.15, -0.1) is 11.3 Å². The number of hydrogen-bond donors (Lipinski definition) is 3. The summed E-state index contributed by atoms with van der Waals surface area (Å²) < 4.78 is 0. The largest absolute Gasteiger partial charge is 0.354 e. The molecule has 0 saturated heterocycles. The fourth-order valence-electron chi connectivity index (χ4n) is 2.97. The first-order chi connectivity index (χ1) is 11.9. The maximum absolute atomic E-state index is 12.6. The van der Waals surface area contributed by atoms with Crippen molar-refractivity contribution in [2.45, 2.75) is 34.1 Å². The molecule has 0 saturated carbocycles. The van der Waals surface area contributed by atoms with Crippen LogP contribution in [0.4, 0.5) is 5.82 Å². The lowest BCUT2D eigenvalue weighted by molar-refractivity contribution is 0.101. The van der Waals surface area contributed by atoms with E-state index in [1.165, 1.54) is 11.8 Å². The number of H-pyrrole nitrogens is 2. The summed E-state index contributed by atoms with van der Waals surface area (Å²) in [5, 5.41) is 9.88. The van der Waals surface area contributed by atoms with Gasteiger partial charge in [-0.05, 0) is 44.9 Å². The highest BCUT2D eigenvalue weighted by atomic mass is 32.1. The Morgan fingerprint density at radius 1 is 1.28 bits per heavy atom. The maximum atomic E-state index is 12.6. The molecule has 3 aromatic heterocycles. The molecule has 3 rings (SSSR count). The number of hydrogen-bond acceptors (Lipinski definition) is 4. The van der Waals surface area contributed by atoms with Crippen LogP contribution >= 0.6 is 11.3 Å². The van der Waals surface area contributed by atoms with Crippen LogP contribution in [0.25, 0.3) is 10.6 Å². The lowest BCUT2D eigenvalue weighted by Crippen LogP contribution is -2.15. The van der Waals surface area contributed by atoms with Gasteiger partial charge >= 0.3 is 0 Å². The molecule has 25 heavy (non-hydrogen) atoms. The first-order valence-corrected chi connectivity index (χ1v) is 8.88. The van der Waals surface area contributed by atoms with Crippen LogP contribution in [0, 0.1) is 13.8 Å². The van der Waals surface area contributed by atoms with Gasteiger partial charge in [-0.2, -0.15) is 5.10 Å². The average Bonchev–Trinajstić information content (AvgIpc) is 3.25. The van der Waals surface area contributed by atoms with Gasteiger partial charge in [0, 0.05) is 22.2 Å². The van der Waals surface area contributed by atoms with E-state index < -0.39 is 0 Å². The molecule has 3 N–H and O–H groups in total. The first kappa shape index (κ1) is 17.2. The normalized spacial score (nSPS) is 10.9. The van der Waals surface area contributed by atoms with E-state index in [4.69, 9.17) is 0 Å². The minimum atomic E-state index is -0.298. The highest BCUT2D eigenvalue weighted by Gasteiger charge is 2.22. The van der Waals surface area contributed by atoms with Crippen molar-refractivity contribution in [3.63, 3.8) is 0 Å². The third-order valence-electron chi connectivity index (χ3n) is 4.05. The van der Waals surface area contributed by atoms with E-state index in [1.807, 2.05) is 26.0 Å². The van der Waals surface area contributed by atoms with Crippen LogP contribution < -0.4 is 5.32 Å². The van der Waals surface area contributed by atoms with Crippen molar-refractivity contribution in [2.75, 3.05) is 5.32 Å². The zero-order valence-electron chi connectivity index (χ0n) is 14.6. The van der Waals surface area contributed by atoms with Crippen molar-refractivity contribution < 1.29 is 9.59 Å². The molecule has 3 aromatic rings.